The van der Waals surface area contributed by atoms with Crippen molar-refractivity contribution < 1.29 is 9.84 Å². The number of unbranched alkanes of at least 4 members (excludes halogenated alkanes) is 3. The van der Waals surface area contributed by atoms with Gasteiger partial charge in [-0.05, 0) is 80.7 Å². The van der Waals surface area contributed by atoms with Gasteiger partial charge in [0, 0.05) is 0 Å². The van der Waals surface area contributed by atoms with Gasteiger partial charge >= 0.3 is 0 Å². The summed E-state index contributed by atoms with van der Waals surface area (Å²) in [5.41, 5.74) is 3.66. The third kappa shape index (κ3) is 10.1. The van der Waals surface area contributed by atoms with Gasteiger partial charge in [-0.25, -0.2) is 0 Å². The van der Waals surface area contributed by atoms with Gasteiger partial charge in [-0.15, -0.1) is 0 Å². The molecular weight excluding hydrogens is 408 g/mol. The first-order chi connectivity index (χ1) is 16.3. The lowest BCUT2D eigenvalue weighted by atomic mass is 10.1. The zero-order valence-corrected chi connectivity index (χ0v) is 19.6. The average molecular weight is 447 g/mol. The Morgan fingerprint density at radius 3 is 1.79 bits per heavy atom. The number of phenols is 1. The molecule has 0 atom stereocenters. The van der Waals surface area contributed by atoms with Crippen LogP contribution in [0.4, 0.5) is 0 Å². The highest BCUT2D eigenvalue weighted by molar-refractivity contribution is 5.42. The minimum Gasteiger partial charge on any atom is -0.504 e. The van der Waals surface area contributed by atoms with Crippen LogP contribution in [0.1, 0.15) is 42.4 Å². The first kappa shape index (κ1) is 24.8. The third-order valence-corrected chi connectivity index (χ3v) is 5.74. The van der Waals surface area contributed by atoms with E-state index in [0.29, 0.717) is 12.4 Å². The second-order valence-electron chi connectivity index (χ2n) is 8.48. The molecule has 0 aromatic heterocycles. The summed E-state index contributed by atoms with van der Waals surface area (Å²) in [6.45, 7) is 4.61. The summed E-state index contributed by atoms with van der Waals surface area (Å²) in [6.07, 6.45) is 7.03. The van der Waals surface area contributed by atoms with E-state index >= 15 is 0 Å². The van der Waals surface area contributed by atoms with Gasteiger partial charge in [0.25, 0.3) is 0 Å². The number of hydrogen-bond acceptors (Lipinski definition) is 4. The topological polar surface area (TPSA) is 53.5 Å². The molecule has 33 heavy (non-hydrogen) atoms. The molecule has 3 rings (SSSR count). The standard InChI is InChI=1S/C29H38N2O2/c32-28-16-15-26(23-29(28)33-24-27-13-7-4-8-14-27)18-22-31-20-10-2-1-9-19-30-21-17-25-11-5-3-6-12-25/h3-8,11-16,23,30-32H,1-2,9-10,17-22,24H2. The van der Waals surface area contributed by atoms with Crippen LogP contribution in [0.25, 0.3) is 0 Å². The Kier molecular flexibility index (Phi) is 11.4. The van der Waals surface area contributed by atoms with E-state index in [1.54, 1.807) is 6.07 Å². The summed E-state index contributed by atoms with van der Waals surface area (Å²) < 4.78 is 5.82. The molecule has 0 aliphatic rings. The maximum Gasteiger partial charge on any atom is 0.161 e. The molecule has 176 valence electrons. The monoisotopic (exact) mass is 446 g/mol. The largest absolute Gasteiger partial charge is 0.504 e. The lowest BCUT2D eigenvalue weighted by molar-refractivity contribution is 0.288. The molecule has 3 N–H and O–H groups in total. The van der Waals surface area contributed by atoms with Gasteiger partial charge in [0.1, 0.15) is 6.61 Å². The van der Waals surface area contributed by atoms with Crippen LogP contribution in [0.3, 0.4) is 0 Å². The number of hydrogen-bond donors (Lipinski definition) is 3. The number of aromatic hydroxyl groups is 1. The molecule has 0 aliphatic heterocycles. The normalized spacial score (nSPS) is 10.9. The Morgan fingerprint density at radius 2 is 1.15 bits per heavy atom. The Bertz CT molecular complexity index is 900. The van der Waals surface area contributed by atoms with Crippen molar-refractivity contribution >= 4 is 0 Å². The molecule has 0 fully saturated rings. The van der Waals surface area contributed by atoms with Crippen molar-refractivity contribution in [3.8, 4) is 11.5 Å². The van der Waals surface area contributed by atoms with Crippen molar-refractivity contribution in [3.63, 3.8) is 0 Å². The van der Waals surface area contributed by atoms with E-state index in [2.05, 4.69) is 41.0 Å². The number of rotatable bonds is 16. The van der Waals surface area contributed by atoms with Crippen molar-refractivity contribution in [1.82, 2.24) is 10.6 Å². The lowest BCUT2D eigenvalue weighted by Crippen LogP contribution is -2.19. The molecule has 0 spiro atoms. The number of ether oxygens (including phenoxy) is 1. The van der Waals surface area contributed by atoms with E-state index in [0.717, 1.165) is 44.6 Å². The summed E-state index contributed by atoms with van der Waals surface area (Å²) >= 11 is 0. The molecule has 3 aromatic carbocycles. The first-order valence-electron chi connectivity index (χ1n) is 12.3. The van der Waals surface area contributed by atoms with E-state index in [9.17, 15) is 5.11 Å². The van der Waals surface area contributed by atoms with Crippen LogP contribution in [0, 0.1) is 0 Å². The molecule has 0 amide bonds. The summed E-state index contributed by atoms with van der Waals surface area (Å²) in [7, 11) is 0. The highest BCUT2D eigenvalue weighted by Crippen LogP contribution is 2.27. The van der Waals surface area contributed by atoms with Gasteiger partial charge in [-0.3, -0.25) is 0 Å². The van der Waals surface area contributed by atoms with Crippen LogP contribution in [-0.4, -0.2) is 31.3 Å². The second-order valence-corrected chi connectivity index (χ2v) is 8.48. The van der Waals surface area contributed by atoms with Crippen LogP contribution in [0.5, 0.6) is 11.5 Å². The van der Waals surface area contributed by atoms with Gasteiger partial charge < -0.3 is 20.5 Å². The Morgan fingerprint density at radius 1 is 0.576 bits per heavy atom. The predicted molar refractivity (Wildman–Crippen MR) is 137 cm³/mol. The van der Waals surface area contributed by atoms with Crippen LogP contribution < -0.4 is 15.4 Å². The zero-order valence-electron chi connectivity index (χ0n) is 19.6. The van der Waals surface area contributed by atoms with Crippen molar-refractivity contribution in [1.29, 1.82) is 0 Å². The highest BCUT2D eigenvalue weighted by atomic mass is 16.5. The van der Waals surface area contributed by atoms with Crippen LogP contribution >= 0.6 is 0 Å². The quantitative estimate of drug-likeness (QED) is 0.255. The molecule has 0 saturated heterocycles. The van der Waals surface area contributed by atoms with E-state index < -0.39 is 0 Å². The fourth-order valence-electron chi connectivity index (χ4n) is 3.78. The Balaban J connectivity index is 1.18. The van der Waals surface area contributed by atoms with E-state index in [1.807, 2.05) is 42.5 Å². The van der Waals surface area contributed by atoms with Crippen LogP contribution in [0.2, 0.25) is 0 Å². The van der Waals surface area contributed by atoms with E-state index in [-0.39, 0.29) is 5.75 Å². The van der Waals surface area contributed by atoms with Crippen molar-refractivity contribution in [2.45, 2.75) is 45.1 Å². The lowest BCUT2D eigenvalue weighted by Gasteiger charge is -2.11. The van der Waals surface area contributed by atoms with Crippen LogP contribution in [-0.2, 0) is 19.4 Å². The number of benzene rings is 3. The van der Waals surface area contributed by atoms with E-state index in [1.165, 1.54) is 36.8 Å². The summed E-state index contributed by atoms with van der Waals surface area (Å²) in [4.78, 5) is 0. The molecule has 0 heterocycles. The fourth-order valence-corrected chi connectivity index (χ4v) is 3.78. The summed E-state index contributed by atoms with van der Waals surface area (Å²) in [5, 5.41) is 17.2. The van der Waals surface area contributed by atoms with Gasteiger partial charge in [0.05, 0.1) is 0 Å². The molecule has 4 nitrogen and oxygen atoms in total. The Hall–Kier alpha value is -2.82. The molecular formula is C29H38N2O2. The molecule has 4 heteroatoms. The molecule has 0 saturated carbocycles. The minimum atomic E-state index is 0.192. The highest BCUT2D eigenvalue weighted by Gasteiger charge is 2.05. The molecule has 0 aliphatic carbocycles. The second kappa shape index (κ2) is 15.1. The maximum atomic E-state index is 10.1. The Labute approximate surface area is 199 Å². The zero-order chi connectivity index (χ0) is 23.0. The van der Waals surface area contributed by atoms with Crippen molar-refractivity contribution in [3.05, 3.63) is 95.6 Å². The number of nitrogens with one attached hydrogen (secondary N) is 2. The third-order valence-electron chi connectivity index (χ3n) is 5.74. The predicted octanol–water partition coefficient (Wildman–Crippen LogP) is 5.50. The smallest absolute Gasteiger partial charge is 0.161 e. The average Bonchev–Trinajstić information content (AvgIpc) is 2.86. The van der Waals surface area contributed by atoms with Gasteiger partial charge in [0.15, 0.2) is 11.5 Å². The molecule has 0 unspecified atom stereocenters. The SMILES string of the molecule is Oc1ccc(CCNCCCCCCNCCc2ccccc2)cc1OCc1ccccc1. The molecule has 3 aromatic rings. The first-order valence-corrected chi connectivity index (χ1v) is 12.3. The minimum absolute atomic E-state index is 0.192. The van der Waals surface area contributed by atoms with Gasteiger partial charge in [0.2, 0.25) is 0 Å². The fraction of sp³-hybridized carbons (Fsp3) is 0.379. The van der Waals surface area contributed by atoms with Crippen LogP contribution in [0.15, 0.2) is 78.9 Å². The molecule has 0 bridgehead atoms. The van der Waals surface area contributed by atoms with Crippen molar-refractivity contribution in [2.24, 2.45) is 0 Å². The maximum absolute atomic E-state index is 10.1. The van der Waals surface area contributed by atoms with Gasteiger partial charge in [-0.1, -0.05) is 79.6 Å². The summed E-state index contributed by atoms with van der Waals surface area (Å²) in [6, 6.07) is 26.3. The number of phenolic OH excluding ortho intramolecular Hbond substituents is 1. The molecule has 0 radical (unpaired) electrons. The summed E-state index contributed by atoms with van der Waals surface area (Å²) in [5.74, 6) is 0.742. The van der Waals surface area contributed by atoms with E-state index in [4.69, 9.17) is 4.74 Å². The van der Waals surface area contributed by atoms with Gasteiger partial charge in [-0.2, -0.15) is 0 Å². The van der Waals surface area contributed by atoms with Crippen molar-refractivity contribution in [2.75, 3.05) is 26.2 Å².